The molecule has 2 nitrogen and oxygen atoms in total. The normalized spacial score (nSPS) is 5.71. The summed E-state index contributed by atoms with van der Waals surface area (Å²) >= 11 is 0. The van der Waals surface area contributed by atoms with Crippen LogP contribution in [-0.4, -0.2) is 4.98 Å². The van der Waals surface area contributed by atoms with Crippen molar-refractivity contribution in [1.82, 2.24) is 11.1 Å². The summed E-state index contributed by atoms with van der Waals surface area (Å²) in [6.45, 7) is 0. The largest absolute Gasteiger partial charge is 0.368 e. The van der Waals surface area contributed by atoms with Crippen molar-refractivity contribution in [2.45, 2.75) is 0 Å². The van der Waals surface area contributed by atoms with Gasteiger partial charge in [-0.2, -0.15) is 0 Å². The fourth-order valence-electron chi connectivity index (χ4n) is 0.278. The Hall–Kier alpha value is -0.241. The molecule has 0 radical (unpaired) electrons. The van der Waals surface area contributed by atoms with Crippen molar-refractivity contribution in [2.75, 3.05) is 0 Å². The molecule has 0 saturated heterocycles. The Bertz CT molecular complexity index is 66.2. The molecule has 0 bridgehead atoms. The summed E-state index contributed by atoms with van der Waals surface area (Å²) < 4.78 is 0. The van der Waals surface area contributed by atoms with Gasteiger partial charge in [0.05, 0.1) is 0 Å². The van der Waals surface area contributed by atoms with E-state index in [4.69, 9.17) is 0 Å². The number of hydrogen-bond acceptors (Lipinski definition) is 1. The van der Waals surface area contributed by atoms with E-state index in [-0.39, 0.29) is 23.2 Å². The van der Waals surface area contributed by atoms with Gasteiger partial charge in [-0.25, -0.2) is 0 Å². The number of hydrogen-bond donors (Lipinski definition) is 2. The average Bonchev–Trinajstić information content (AvgIpc) is 1.76. The van der Waals surface area contributed by atoms with Crippen molar-refractivity contribution >= 4 is 0 Å². The van der Waals surface area contributed by atoms with Gasteiger partial charge in [-0.1, -0.05) is 0 Å². The molecular weight excluding hydrogens is 132 g/mol. The van der Waals surface area contributed by atoms with Gasteiger partial charge in [0.25, 0.3) is 0 Å². The monoisotopic (exact) mass is 140 g/mol. The molecule has 0 aromatic carbocycles. The summed E-state index contributed by atoms with van der Waals surface area (Å²) in [5.41, 5.74) is 0. The van der Waals surface area contributed by atoms with E-state index in [1.807, 2.05) is 24.5 Å². The van der Waals surface area contributed by atoms with E-state index in [1.165, 1.54) is 0 Å². The molecule has 0 spiro atoms. The van der Waals surface area contributed by atoms with Crippen LogP contribution in [0.5, 0.6) is 0 Å². The molecule has 3 heteroatoms. The molecule has 1 heterocycles. The molecule has 1 aromatic rings. The number of rotatable bonds is 0. The van der Waals surface area contributed by atoms with E-state index < -0.39 is 0 Å². The Kier molecular flexibility index (Phi) is 8.14. The molecule has 0 amide bonds. The second-order valence-corrected chi connectivity index (χ2v) is 0.885. The molecule has 4 N–H and O–H groups in total. The van der Waals surface area contributed by atoms with Crippen LogP contribution in [0.25, 0.3) is 0 Å². The average molecular weight is 140 g/mol. The first kappa shape index (κ1) is 9.90. The third-order valence-corrected chi connectivity index (χ3v) is 0.496. The predicted octanol–water partition coefficient (Wildman–Crippen LogP) is 1.17. The van der Waals surface area contributed by atoms with Gasteiger partial charge in [0.1, 0.15) is 0 Å². The van der Waals surface area contributed by atoms with Crippen molar-refractivity contribution in [2.24, 2.45) is 0 Å². The van der Waals surface area contributed by atoms with Crippen LogP contribution in [-0.2, 0) is 17.1 Å². The second-order valence-electron chi connectivity index (χ2n) is 0.885. The van der Waals surface area contributed by atoms with Crippen molar-refractivity contribution in [3.05, 3.63) is 24.5 Å². The van der Waals surface area contributed by atoms with Crippen molar-refractivity contribution in [3.8, 4) is 0 Å². The Morgan fingerprint density at radius 2 is 1.43 bits per heavy atom. The van der Waals surface area contributed by atoms with E-state index in [0.29, 0.717) is 0 Å². The summed E-state index contributed by atoms with van der Waals surface area (Å²) in [6.07, 6.45) is 3.75. The summed E-state index contributed by atoms with van der Waals surface area (Å²) in [5, 5.41) is 0. The van der Waals surface area contributed by atoms with Gasteiger partial charge in [0.15, 0.2) is 0 Å². The van der Waals surface area contributed by atoms with E-state index in [1.54, 1.807) is 0 Å². The molecule has 0 aliphatic rings. The number of aromatic nitrogens is 1. The first-order valence-electron chi connectivity index (χ1n) is 1.58. The molecule has 0 atom stereocenters. The van der Waals surface area contributed by atoms with Gasteiger partial charge < -0.3 is 11.1 Å². The van der Waals surface area contributed by atoms with Gasteiger partial charge in [0, 0.05) is 29.5 Å². The summed E-state index contributed by atoms with van der Waals surface area (Å²) in [5.74, 6) is 0. The van der Waals surface area contributed by atoms with Crippen LogP contribution >= 0.6 is 0 Å². The first-order valence-corrected chi connectivity index (χ1v) is 1.58. The second kappa shape index (κ2) is 5.76. The quantitative estimate of drug-likeness (QED) is 0.522. The number of H-pyrrole nitrogens is 1. The molecule has 7 heavy (non-hydrogen) atoms. The van der Waals surface area contributed by atoms with E-state index in [0.717, 1.165) is 0 Å². The zero-order valence-corrected chi connectivity index (χ0v) is 4.97. The van der Waals surface area contributed by atoms with Gasteiger partial charge in [-0.05, 0) is 12.1 Å². The minimum atomic E-state index is 0. The van der Waals surface area contributed by atoms with Crippen molar-refractivity contribution in [3.63, 3.8) is 0 Å². The van der Waals surface area contributed by atoms with Crippen LogP contribution in [0.3, 0.4) is 0 Å². The van der Waals surface area contributed by atoms with Crippen molar-refractivity contribution in [1.29, 1.82) is 0 Å². The first-order chi connectivity index (χ1) is 2.50. The molecule has 1 rings (SSSR count). The van der Waals surface area contributed by atoms with Gasteiger partial charge in [0.2, 0.25) is 0 Å². The maximum absolute atomic E-state index is 2.86. The summed E-state index contributed by atoms with van der Waals surface area (Å²) in [6, 6.07) is 3.89. The molecule has 42 valence electrons. The predicted molar refractivity (Wildman–Crippen MR) is 25.8 cm³/mol. The molecule has 0 aliphatic heterocycles. The maximum Gasteiger partial charge on any atom is 0.000496 e. The fourth-order valence-corrected chi connectivity index (χ4v) is 0.278. The van der Waals surface area contributed by atoms with E-state index >= 15 is 0 Å². The van der Waals surface area contributed by atoms with Gasteiger partial charge >= 0.3 is 0 Å². The number of aromatic amines is 1. The van der Waals surface area contributed by atoms with E-state index in [9.17, 15) is 0 Å². The smallest absolute Gasteiger partial charge is 0.000496 e. The minimum Gasteiger partial charge on any atom is -0.368 e. The third-order valence-electron chi connectivity index (χ3n) is 0.496. The minimum absolute atomic E-state index is 0. The SMILES string of the molecule is N.[Fe].c1cc[nH]c1. The van der Waals surface area contributed by atoms with Crippen molar-refractivity contribution < 1.29 is 17.1 Å². The molecule has 0 aliphatic carbocycles. The molecular formula is C4H8FeN2. The van der Waals surface area contributed by atoms with Crippen LogP contribution in [0.4, 0.5) is 0 Å². The molecule has 0 unspecified atom stereocenters. The standard InChI is InChI=1S/C4H5N.Fe.H3N/c1-2-4-5-3-1;;/h1-5H;;1H3. The Balaban J connectivity index is 0. The Morgan fingerprint density at radius 1 is 1.00 bits per heavy atom. The third kappa shape index (κ3) is 3.59. The Labute approximate surface area is 53.4 Å². The fraction of sp³-hybridized carbons (Fsp3) is 0. The summed E-state index contributed by atoms with van der Waals surface area (Å²) in [7, 11) is 0. The molecule has 0 saturated carbocycles. The number of nitrogens with one attached hydrogen (secondary N) is 1. The summed E-state index contributed by atoms with van der Waals surface area (Å²) in [4.78, 5) is 2.86. The van der Waals surface area contributed by atoms with E-state index in [2.05, 4.69) is 4.98 Å². The van der Waals surface area contributed by atoms with Gasteiger partial charge in [-0.3, -0.25) is 0 Å². The van der Waals surface area contributed by atoms with Gasteiger partial charge in [-0.15, -0.1) is 0 Å². The van der Waals surface area contributed by atoms with Crippen LogP contribution in [0.15, 0.2) is 24.5 Å². The maximum atomic E-state index is 2.86. The molecule has 1 aromatic heterocycles. The van der Waals surface area contributed by atoms with Crippen LogP contribution < -0.4 is 6.15 Å². The topological polar surface area (TPSA) is 50.8 Å². The van der Waals surface area contributed by atoms with Crippen LogP contribution in [0, 0.1) is 0 Å². The molecule has 0 fully saturated rings. The Morgan fingerprint density at radius 3 is 1.57 bits per heavy atom. The van der Waals surface area contributed by atoms with Crippen LogP contribution in [0.1, 0.15) is 0 Å². The zero-order valence-electron chi connectivity index (χ0n) is 3.87. The van der Waals surface area contributed by atoms with Crippen LogP contribution in [0.2, 0.25) is 0 Å². The zero-order chi connectivity index (χ0) is 3.54.